The van der Waals surface area contributed by atoms with E-state index in [1.54, 1.807) is 0 Å². The first-order valence-corrected chi connectivity index (χ1v) is 2.38. The molecule has 0 aliphatic heterocycles. The molecule has 0 unspecified atom stereocenters. The Balaban J connectivity index is -0.000000105. The summed E-state index contributed by atoms with van der Waals surface area (Å²) >= 11 is 4.08. The summed E-state index contributed by atoms with van der Waals surface area (Å²) < 4.78 is 31.8. The molecule has 0 nitrogen and oxygen atoms in total. The van der Waals surface area contributed by atoms with Crippen molar-refractivity contribution in [3.63, 3.8) is 0 Å². The topological polar surface area (TPSA) is 0 Å². The molecule has 0 aromatic rings. The van der Waals surface area contributed by atoms with E-state index in [2.05, 4.69) is 37.9 Å². The molecule has 10 heavy (non-hydrogen) atoms. The third kappa shape index (κ3) is 26.6. The van der Waals surface area contributed by atoms with Crippen LogP contribution < -0.4 is 0 Å². The average molecular weight is 173 g/mol. The first kappa shape index (κ1) is 16.1. The highest BCUT2D eigenvalue weighted by molar-refractivity contribution is 6.28. The quantitative estimate of drug-likeness (QED) is 0.487. The molecule has 0 aliphatic carbocycles. The van der Waals surface area contributed by atoms with Gasteiger partial charge in [0.25, 0.3) is 5.29 Å². The van der Waals surface area contributed by atoms with Crippen molar-refractivity contribution in [2.75, 3.05) is 0 Å². The smallest absolute Gasteiger partial charge is 0.188 e. The van der Waals surface area contributed by atoms with Gasteiger partial charge in [-0.2, -0.15) is 13.2 Å². The molecule has 0 bridgehead atoms. The molecule has 0 N–H and O–H groups in total. The molecule has 0 saturated heterocycles. The van der Waals surface area contributed by atoms with E-state index < -0.39 is 11.4 Å². The minimum atomic E-state index is -2.48. The van der Waals surface area contributed by atoms with Gasteiger partial charge in [-0.25, -0.2) is 0 Å². The fraction of sp³-hybridized carbons (Fsp3) is 0. The molecule has 0 aromatic heterocycles. The number of halogens is 4. The van der Waals surface area contributed by atoms with Gasteiger partial charge in [-0.05, 0) is 11.6 Å². The van der Waals surface area contributed by atoms with Gasteiger partial charge < -0.3 is 0 Å². The van der Waals surface area contributed by atoms with Crippen LogP contribution in [0.3, 0.4) is 0 Å². The zero-order valence-corrected chi connectivity index (χ0v) is 6.10. The lowest BCUT2D eigenvalue weighted by atomic mass is 11.1. The van der Waals surface area contributed by atoms with Gasteiger partial charge in [0.15, 0.2) is 0 Å². The fourth-order valence-electron chi connectivity index (χ4n) is 0. The summed E-state index contributed by atoms with van der Waals surface area (Å²) in [5.74, 6) is 0. The third-order valence-corrected chi connectivity index (χ3v) is 0.286. The van der Waals surface area contributed by atoms with Crippen LogP contribution in [0.15, 0.2) is 37.7 Å². The summed E-state index contributed by atoms with van der Waals surface area (Å²) in [7, 11) is 0. The highest BCUT2D eigenvalue weighted by Gasteiger charge is 1.95. The van der Waals surface area contributed by atoms with E-state index in [0.717, 1.165) is 0 Å². The lowest BCUT2D eigenvalue weighted by Crippen LogP contribution is -1.54. The summed E-state index contributed by atoms with van der Waals surface area (Å²) in [6, 6.07) is 0. The third-order valence-electron chi connectivity index (χ3n) is 0.143. The molecule has 0 aliphatic rings. The van der Waals surface area contributed by atoms with Crippen LogP contribution in [0.5, 0.6) is 0 Å². The van der Waals surface area contributed by atoms with E-state index >= 15 is 0 Å². The predicted molar refractivity (Wildman–Crippen MR) is 38.7 cm³/mol. The molecule has 0 aromatic carbocycles. The zero-order chi connectivity index (χ0) is 9.15. The minimum Gasteiger partial charge on any atom is -0.188 e. The van der Waals surface area contributed by atoms with Crippen LogP contribution in [0.2, 0.25) is 0 Å². The van der Waals surface area contributed by atoms with E-state index in [0.29, 0.717) is 0 Å². The van der Waals surface area contributed by atoms with Crippen LogP contribution in [0, 0.1) is 0 Å². The molecule has 0 rings (SSSR count). The van der Waals surface area contributed by atoms with Crippen molar-refractivity contribution in [3.8, 4) is 0 Å². The van der Waals surface area contributed by atoms with Gasteiger partial charge in [0.05, 0.1) is 0 Å². The molecule has 0 spiro atoms. The van der Waals surface area contributed by atoms with Crippen molar-refractivity contribution in [3.05, 3.63) is 37.7 Å². The second kappa shape index (κ2) is 15.7. The van der Waals surface area contributed by atoms with Crippen LogP contribution in [-0.4, -0.2) is 0 Å². The summed E-state index contributed by atoms with van der Waals surface area (Å²) in [6.07, 6.45) is -2.48. The van der Waals surface area contributed by atoms with Gasteiger partial charge in [0, 0.05) is 0 Å². The van der Waals surface area contributed by atoms with Crippen LogP contribution in [0.1, 0.15) is 0 Å². The molecule has 0 atom stereocenters. The Morgan fingerprint density at radius 2 is 1.00 bits per heavy atom. The SMILES string of the molecule is C=C.C=C.FC(F)=C(F)Cl. The summed E-state index contributed by atoms with van der Waals surface area (Å²) in [5, 5.41) is -1.94. The average Bonchev–Trinajstić information content (AvgIpc) is 1.96. The maximum atomic E-state index is 10.7. The predicted octanol–water partition coefficient (Wildman–Crippen LogP) is 3.86. The molecular formula is C6H8ClF3. The molecule has 0 heterocycles. The second-order valence-corrected chi connectivity index (χ2v) is 0.853. The Morgan fingerprint density at radius 1 is 0.900 bits per heavy atom. The minimum absolute atomic E-state index is 1.94. The Hall–Kier alpha value is -0.700. The van der Waals surface area contributed by atoms with E-state index in [4.69, 9.17) is 0 Å². The van der Waals surface area contributed by atoms with Crippen molar-refractivity contribution in [2.45, 2.75) is 0 Å². The van der Waals surface area contributed by atoms with E-state index in [9.17, 15) is 13.2 Å². The Bertz CT molecular complexity index is 81.2. The first-order chi connectivity index (χ1) is 4.64. The van der Waals surface area contributed by atoms with Crippen LogP contribution in [0.25, 0.3) is 0 Å². The Kier molecular flexibility index (Phi) is 25.4. The van der Waals surface area contributed by atoms with Crippen LogP contribution in [-0.2, 0) is 0 Å². The normalized spacial score (nSPS) is 5.60. The van der Waals surface area contributed by atoms with Gasteiger partial charge in [0.1, 0.15) is 0 Å². The number of hydrogen-bond donors (Lipinski definition) is 0. The van der Waals surface area contributed by atoms with E-state index in [1.807, 2.05) is 0 Å². The van der Waals surface area contributed by atoms with Crippen molar-refractivity contribution < 1.29 is 13.2 Å². The van der Waals surface area contributed by atoms with Crippen molar-refractivity contribution in [1.29, 1.82) is 0 Å². The molecule has 60 valence electrons. The maximum absolute atomic E-state index is 10.7. The summed E-state index contributed by atoms with van der Waals surface area (Å²) in [6.45, 7) is 12.0. The Morgan fingerprint density at radius 3 is 1.00 bits per heavy atom. The lowest BCUT2D eigenvalue weighted by Gasteiger charge is -1.70. The summed E-state index contributed by atoms with van der Waals surface area (Å²) in [5.41, 5.74) is 0. The molecule has 0 amide bonds. The number of rotatable bonds is 0. The molecule has 0 saturated carbocycles. The van der Waals surface area contributed by atoms with Gasteiger partial charge in [0.2, 0.25) is 0 Å². The van der Waals surface area contributed by atoms with Gasteiger partial charge in [-0.1, -0.05) is 0 Å². The largest absolute Gasteiger partial charge is 0.317 e. The molecule has 4 heteroatoms. The number of hydrogen-bond acceptors (Lipinski definition) is 0. The lowest BCUT2D eigenvalue weighted by molar-refractivity contribution is 0.393. The zero-order valence-electron chi connectivity index (χ0n) is 5.34. The van der Waals surface area contributed by atoms with Crippen LogP contribution in [0.4, 0.5) is 13.2 Å². The highest BCUT2D eigenvalue weighted by atomic mass is 35.5. The second-order valence-electron chi connectivity index (χ2n) is 0.521. The van der Waals surface area contributed by atoms with Crippen LogP contribution >= 0.6 is 11.6 Å². The standard InChI is InChI=1S/C2ClF3.2C2H4/c3-1(4)2(5)6;2*1-2/h;2*1-2H2. The van der Waals surface area contributed by atoms with Crippen molar-refractivity contribution >= 4 is 11.6 Å². The molecule has 0 fully saturated rings. The van der Waals surface area contributed by atoms with Gasteiger partial charge >= 0.3 is 6.08 Å². The Labute approximate surface area is 63.3 Å². The molecule has 0 radical (unpaired) electrons. The monoisotopic (exact) mass is 172 g/mol. The molecular weight excluding hydrogens is 165 g/mol. The maximum Gasteiger partial charge on any atom is 0.317 e. The van der Waals surface area contributed by atoms with E-state index in [-0.39, 0.29) is 0 Å². The fourth-order valence-corrected chi connectivity index (χ4v) is 0. The summed E-state index contributed by atoms with van der Waals surface area (Å²) in [4.78, 5) is 0. The highest BCUT2D eigenvalue weighted by Crippen LogP contribution is 2.11. The van der Waals surface area contributed by atoms with Gasteiger partial charge in [-0.3, -0.25) is 0 Å². The first-order valence-electron chi connectivity index (χ1n) is 2.01. The van der Waals surface area contributed by atoms with E-state index in [1.165, 1.54) is 0 Å². The van der Waals surface area contributed by atoms with Crippen molar-refractivity contribution in [2.24, 2.45) is 0 Å². The van der Waals surface area contributed by atoms with Crippen molar-refractivity contribution in [1.82, 2.24) is 0 Å². The van der Waals surface area contributed by atoms with Gasteiger partial charge in [-0.15, -0.1) is 26.3 Å².